The second-order valence-electron chi connectivity index (χ2n) is 7.26. The summed E-state index contributed by atoms with van der Waals surface area (Å²) in [6.45, 7) is 12.8. The lowest BCUT2D eigenvalue weighted by Crippen LogP contribution is -2.26. The van der Waals surface area contributed by atoms with Crippen molar-refractivity contribution in [2.75, 3.05) is 7.11 Å². The molecule has 0 fully saturated rings. The van der Waals surface area contributed by atoms with Gasteiger partial charge in [0.1, 0.15) is 5.75 Å². The van der Waals surface area contributed by atoms with Gasteiger partial charge in [-0.15, -0.1) is 0 Å². The fourth-order valence-corrected chi connectivity index (χ4v) is 2.43. The summed E-state index contributed by atoms with van der Waals surface area (Å²) in [6.07, 6.45) is 0.877. The number of rotatable bonds is 5. The van der Waals surface area contributed by atoms with Crippen LogP contribution in [0.25, 0.3) is 0 Å². The molecule has 0 bridgehead atoms. The molecule has 0 N–H and O–H groups in total. The second kappa shape index (κ2) is 6.08. The van der Waals surface area contributed by atoms with E-state index < -0.39 is 5.97 Å². The first-order valence-corrected chi connectivity index (χ1v) is 7.44. The topological polar surface area (TPSA) is 49.4 Å². The average molecular weight is 291 g/mol. The van der Waals surface area contributed by atoms with Gasteiger partial charge in [-0.05, 0) is 22.8 Å². The van der Waals surface area contributed by atoms with Crippen molar-refractivity contribution in [2.24, 2.45) is 0 Å². The van der Waals surface area contributed by atoms with Crippen molar-refractivity contribution in [1.82, 2.24) is 0 Å². The molecule has 0 aliphatic rings. The molecule has 0 saturated carbocycles. The summed E-state index contributed by atoms with van der Waals surface area (Å²) in [7, 11) is 1.68. The molecule has 0 atom stereocenters. The maximum atomic E-state index is 11.0. The Morgan fingerprint density at radius 2 is 1.67 bits per heavy atom. The van der Waals surface area contributed by atoms with Crippen molar-refractivity contribution in [3.63, 3.8) is 0 Å². The van der Waals surface area contributed by atoms with Gasteiger partial charge in [-0.25, -0.2) is 0 Å². The van der Waals surface area contributed by atoms with Crippen LogP contribution in [-0.4, -0.2) is 13.1 Å². The molecule has 0 heterocycles. The highest BCUT2D eigenvalue weighted by Crippen LogP contribution is 2.41. The molecular weight excluding hydrogens is 264 g/mol. The zero-order chi connectivity index (χ0) is 16.4. The van der Waals surface area contributed by atoms with E-state index in [0.29, 0.717) is 0 Å². The molecule has 1 aromatic carbocycles. The molecule has 0 amide bonds. The van der Waals surface area contributed by atoms with Crippen molar-refractivity contribution >= 4 is 5.97 Å². The number of hydrogen-bond acceptors (Lipinski definition) is 3. The number of aliphatic carboxylic acids is 1. The second-order valence-corrected chi connectivity index (χ2v) is 7.26. The SMILES string of the molecule is CCC(C)(C)c1cc(CC(=O)[O-])cc(C(C)(C)C)c1OC. The van der Waals surface area contributed by atoms with Crippen molar-refractivity contribution in [2.45, 2.75) is 65.2 Å². The van der Waals surface area contributed by atoms with E-state index in [9.17, 15) is 9.90 Å². The van der Waals surface area contributed by atoms with Crippen LogP contribution < -0.4 is 9.84 Å². The Labute approximate surface area is 128 Å². The maximum Gasteiger partial charge on any atom is 0.126 e. The number of benzene rings is 1. The van der Waals surface area contributed by atoms with Gasteiger partial charge in [0.15, 0.2) is 0 Å². The summed E-state index contributed by atoms with van der Waals surface area (Å²) in [5.41, 5.74) is 2.69. The molecule has 1 rings (SSSR count). The molecule has 21 heavy (non-hydrogen) atoms. The highest BCUT2D eigenvalue weighted by atomic mass is 16.5. The number of carboxylic acids is 1. The van der Waals surface area contributed by atoms with Gasteiger partial charge in [0.25, 0.3) is 0 Å². The van der Waals surface area contributed by atoms with Crippen LogP contribution in [0.4, 0.5) is 0 Å². The number of carboxylic acid groups (broad SMARTS) is 1. The zero-order valence-electron chi connectivity index (χ0n) is 14.3. The van der Waals surface area contributed by atoms with E-state index in [0.717, 1.165) is 28.9 Å². The monoisotopic (exact) mass is 291 g/mol. The first-order chi connectivity index (χ1) is 9.52. The lowest BCUT2D eigenvalue weighted by atomic mass is 9.76. The summed E-state index contributed by atoms with van der Waals surface area (Å²) in [6, 6.07) is 3.89. The number of carbonyl (C=O) groups excluding carboxylic acids is 1. The third kappa shape index (κ3) is 3.99. The number of hydrogen-bond donors (Lipinski definition) is 0. The summed E-state index contributed by atoms with van der Waals surface area (Å²) in [5, 5.41) is 11.0. The predicted octanol–water partition coefficient (Wildman–Crippen LogP) is 2.97. The third-order valence-corrected chi connectivity index (χ3v) is 4.12. The standard InChI is InChI=1S/C18H28O3/c1-8-18(5,6)14-10-12(11-15(19)20)9-13(16(14)21-7)17(2,3)4/h9-10H,8,11H2,1-7H3,(H,19,20)/p-1. The molecule has 0 unspecified atom stereocenters. The molecule has 3 heteroatoms. The molecule has 0 aliphatic heterocycles. The quantitative estimate of drug-likeness (QED) is 0.838. The molecule has 0 aliphatic carbocycles. The minimum atomic E-state index is -1.06. The lowest BCUT2D eigenvalue weighted by Gasteiger charge is -2.31. The minimum Gasteiger partial charge on any atom is -0.550 e. The molecule has 0 radical (unpaired) electrons. The number of ether oxygens (including phenoxy) is 1. The van der Waals surface area contributed by atoms with Gasteiger partial charge in [0.05, 0.1) is 7.11 Å². The van der Waals surface area contributed by atoms with E-state index in [2.05, 4.69) is 41.5 Å². The molecule has 0 spiro atoms. The fraction of sp³-hybridized carbons (Fsp3) is 0.611. The third-order valence-electron chi connectivity index (χ3n) is 4.12. The highest BCUT2D eigenvalue weighted by molar-refractivity contribution is 5.69. The van der Waals surface area contributed by atoms with Gasteiger partial charge >= 0.3 is 0 Å². The highest BCUT2D eigenvalue weighted by Gasteiger charge is 2.29. The van der Waals surface area contributed by atoms with Crippen LogP contribution in [0.15, 0.2) is 12.1 Å². The number of methoxy groups -OCH3 is 1. The van der Waals surface area contributed by atoms with E-state index in [4.69, 9.17) is 4.74 Å². The van der Waals surface area contributed by atoms with Gasteiger partial charge in [-0.1, -0.05) is 53.7 Å². The fourth-order valence-electron chi connectivity index (χ4n) is 2.43. The Morgan fingerprint density at radius 1 is 1.14 bits per heavy atom. The van der Waals surface area contributed by atoms with Crippen LogP contribution in [0.2, 0.25) is 0 Å². The average Bonchev–Trinajstić information content (AvgIpc) is 2.36. The van der Waals surface area contributed by atoms with Gasteiger partial charge in [0.2, 0.25) is 0 Å². The van der Waals surface area contributed by atoms with Crippen LogP contribution in [0.1, 0.15) is 64.7 Å². The summed E-state index contributed by atoms with van der Waals surface area (Å²) in [4.78, 5) is 11.0. The Kier molecular flexibility index (Phi) is 5.08. The Balaban J connectivity index is 3.63. The Hall–Kier alpha value is -1.51. The maximum absolute atomic E-state index is 11.0. The minimum absolute atomic E-state index is 0.0696. The number of carbonyl (C=O) groups is 1. The summed E-state index contributed by atoms with van der Waals surface area (Å²) >= 11 is 0. The van der Waals surface area contributed by atoms with Crippen LogP contribution in [-0.2, 0) is 22.0 Å². The van der Waals surface area contributed by atoms with Crippen LogP contribution in [0, 0.1) is 0 Å². The zero-order valence-corrected chi connectivity index (χ0v) is 14.3. The lowest BCUT2D eigenvalue weighted by molar-refractivity contribution is -0.304. The summed E-state index contributed by atoms with van der Waals surface area (Å²) < 4.78 is 5.69. The van der Waals surface area contributed by atoms with Crippen LogP contribution in [0.3, 0.4) is 0 Å². The Bertz CT molecular complexity index is 522. The molecule has 0 saturated heterocycles. The normalized spacial score (nSPS) is 12.3. The first-order valence-electron chi connectivity index (χ1n) is 7.44. The van der Waals surface area contributed by atoms with Crippen molar-refractivity contribution in [3.05, 3.63) is 28.8 Å². The van der Waals surface area contributed by atoms with Gasteiger partial charge in [-0.2, -0.15) is 0 Å². The Morgan fingerprint density at radius 3 is 2.05 bits per heavy atom. The van der Waals surface area contributed by atoms with Crippen molar-refractivity contribution in [1.29, 1.82) is 0 Å². The van der Waals surface area contributed by atoms with Crippen LogP contribution in [0.5, 0.6) is 5.75 Å². The van der Waals surface area contributed by atoms with E-state index in [1.54, 1.807) is 7.11 Å². The van der Waals surface area contributed by atoms with E-state index in [-0.39, 0.29) is 17.3 Å². The van der Waals surface area contributed by atoms with Crippen molar-refractivity contribution in [3.8, 4) is 5.75 Å². The predicted molar refractivity (Wildman–Crippen MR) is 83.7 cm³/mol. The molecule has 0 aromatic heterocycles. The summed E-state index contributed by atoms with van der Waals surface area (Å²) in [5.74, 6) is -0.184. The molecule has 118 valence electrons. The van der Waals surface area contributed by atoms with Crippen LogP contribution >= 0.6 is 0 Å². The largest absolute Gasteiger partial charge is 0.550 e. The first kappa shape index (κ1) is 17.5. The van der Waals surface area contributed by atoms with E-state index in [1.807, 2.05) is 12.1 Å². The van der Waals surface area contributed by atoms with E-state index in [1.165, 1.54) is 0 Å². The molecular formula is C18H27O3-. The molecule has 3 nitrogen and oxygen atoms in total. The van der Waals surface area contributed by atoms with E-state index >= 15 is 0 Å². The smallest absolute Gasteiger partial charge is 0.126 e. The van der Waals surface area contributed by atoms with Crippen molar-refractivity contribution < 1.29 is 14.6 Å². The van der Waals surface area contributed by atoms with Gasteiger partial charge in [0, 0.05) is 23.5 Å². The molecule has 1 aromatic rings. The van der Waals surface area contributed by atoms with Gasteiger partial charge < -0.3 is 14.6 Å². The van der Waals surface area contributed by atoms with Gasteiger partial charge in [-0.3, -0.25) is 0 Å².